The predicted octanol–water partition coefficient (Wildman–Crippen LogP) is 0.00220. The van der Waals surface area contributed by atoms with Crippen LogP contribution in [0.1, 0.15) is 32.6 Å². The maximum absolute atomic E-state index is 11.8. The fourth-order valence-corrected chi connectivity index (χ4v) is 2.16. The smallest absolute Gasteiger partial charge is 0.223 e. The Morgan fingerprint density at radius 2 is 2.06 bits per heavy atom. The summed E-state index contributed by atoms with van der Waals surface area (Å²) in [6, 6.07) is 0.124. The minimum Gasteiger partial charge on any atom is -0.359 e. The molecule has 0 aromatic heterocycles. The molecule has 5 heteroatoms. The quantitative estimate of drug-likeness (QED) is 0.648. The van der Waals surface area contributed by atoms with Crippen LogP contribution in [0.2, 0.25) is 0 Å². The van der Waals surface area contributed by atoms with E-state index in [-0.39, 0.29) is 23.8 Å². The van der Waals surface area contributed by atoms with Gasteiger partial charge in [-0.1, -0.05) is 6.92 Å². The molecule has 17 heavy (non-hydrogen) atoms. The van der Waals surface area contributed by atoms with Gasteiger partial charge in [0.1, 0.15) is 0 Å². The summed E-state index contributed by atoms with van der Waals surface area (Å²) in [4.78, 5) is 22.8. The lowest BCUT2D eigenvalue weighted by molar-refractivity contribution is -0.126. The molecular formula is C12H23N3O2. The van der Waals surface area contributed by atoms with Gasteiger partial charge >= 0.3 is 0 Å². The maximum atomic E-state index is 11.8. The second kappa shape index (κ2) is 6.59. The van der Waals surface area contributed by atoms with E-state index in [1.165, 1.54) is 0 Å². The third kappa shape index (κ3) is 4.34. The van der Waals surface area contributed by atoms with Crippen molar-refractivity contribution in [2.45, 2.75) is 38.6 Å². The molecule has 0 aromatic rings. The summed E-state index contributed by atoms with van der Waals surface area (Å²) in [6.07, 6.45) is 3.00. The van der Waals surface area contributed by atoms with Gasteiger partial charge in [-0.05, 0) is 25.2 Å². The lowest BCUT2D eigenvalue weighted by Gasteiger charge is -2.30. The van der Waals surface area contributed by atoms with E-state index < -0.39 is 0 Å². The monoisotopic (exact) mass is 241 g/mol. The average molecular weight is 241 g/mol. The van der Waals surface area contributed by atoms with Crippen molar-refractivity contribution in [3.8, 4) is 0 Å². The Balaban J connectivity index is 2.26. The molecule has 0 aromatic carbocycles. The Bertz CT molecular complexity index is 281. The minimum atomic E-state index is -0.0562. The van der Waals surface area contributed by atoms with Crippen molar-refractivity contribution < 1.29 is 9.59 Å². The van der Waals surface area contributed by atoms with Crippen LogP contribution >= 0.6 is 0 Å². The highest BCUT2D eigenvalue weighted by Gasteiger charge is 2.29. The van der Waals surface area contributed by atoms with E-state index in [0.29, 0.717) is 18.9 Å². The molecule has 1 fully saturated rings. The molecule has 1 saturated carbocycles. The second-order valence-corrected chi connectivity index (χ2v) is 4.87. The van der Waals surface area contributed by atoms with E-state index in [1.54, 1.807) is 7.05 Å². The zero-order valence-corrected chi connectivity index (χ0v) is 10.7. The first-order valence-electron chi connectivity index (χ1n) is 6.28. The first-order chi connectivity index (χ1) is 8.04. The molecule has 0 bridgehead atoms. The van der Waals surface area contributed by atoms with Gasteiger partial charge in [0.05, 0.1) is 0 Å². The summed E-state index contributed by atoms with van der Waals surface area (Å²) in [6.45, 7) is 2.53. The Morgan fingerprint density at radius 3 is 2.65 bits per heavy atom. The fraction of sp³-hybridized carbons (Fsp3) is 0.833. The molecule has 0 heterocycles. The average Bonchev–Trinajstić information content (AvgIpc) is 2.32. The molecule has 1 rings (SSSR count). The van der Waals surface area contributed by atoms with Crippen molar-refractivity contribution >= 4 is 11.8 Å². The molecule has 1 aliphatic carbocycles. The SMILES string of the molecule is CNC(=O)CCNC(=O)C1CCC(C)C(N)C1. The zero-order chi connectivity index (χ0) is 12.8. The Morgan fingerprint density at radius 1 is 1.35 bits per heavy atom. The van der Waals surface area contributed by atoms with Crippen LogP contribution in [-0.4, -0.2) is 31.4 Å². The molecule has 0 aliphatic heterocycles. The summed E-state index contributed by atoms with van der Waals surface area (Å²) < 4.78 is 0. The van der Waals surface area contributed by atoms with E-state index >= 15 is 0 Å². The molecule has 98 valence electrons. The normalized spacial score (nSPS) is 28.5. The number of carbonyl (C=O) groups is 2. The van der Waals surface area contributed by atoms with Crippen LogP contribution in [0.4, 0.5) is 0 Å². The highest BCUT2D eigenvalue weighted by Crippen LogP contribution is 2.27. The first kappa shape index (κ1) is 14.0. The lowest BCUT2D eigenvalue weighted by Crippen LogP contribution is -2.42. The van der Waals surface area contributed by atoms with Gasteiger partial charge in [-0.15, -0.1) is 0 Å². The van der Waals surface area contributed by atoms with Crippen molar-refractivity contribution in [2.24, 2.45) is 17.6 Å². The molecule has 0 radical (unpaired) electrons. The van der Waals surface area contributed by atoms with Crippen LogP contribution in [0, 0.1) is 11.8 Å². The van der Waals surface area contributed by atoms with Crippen LogP contribution in [0.5, 0.6) is 0 Å². The van der Waals surface area contributed by atoms with Crippen molar-refractivity contribution in [3.05, 3.63) is 0 Å². The van der Waals surface area contributed by atoms with Crippen LogP contribution in [0.15, 0.2) is 0 Å². The van der Waals surface area contributed by atoms with Gasteiger partial charge in [0.2, 0.25) is 11.8 Å². The fourth-order valence-electron chi connectivity index (χ4n) is 2.16. The van der Waals surface area contributed by atoms with Gasteiger partial charge in [0.25, 0.3) is 0 Å². The zero-order valence-electron chi connectivity index (χ0n) is 10.7. The van der Waals surface area contributed by atoms with Crippen LogP contribution in [0.3, 0.4) is 0 Å². The van der Waals surface area contributed by atoms with E-state index in [1.807, 2.05) is 0 Å². The van der Waals surface area contributed by atoms with Crippen molar-refractivity contribution in [3.63, 3.8) is 0 Å². The minimum absolute atomic E-state index is 0.0193. The topological polar surface area (TPSA) is 84.2 Å². The van der Waals surface area contributed by atoms with Crippen molar-refractivity contribution in [1.29, 1.82) is 0 Å². The van der Waals surface area contributed by atoms with Gasteiger partial charge in [0, 0.05) is 32.0 Å². The first-order valence-corrected chi connectivity index (χ1v) is 6.28. The second-order valence-electron chi connectivity index (χ2n) is 4.87. The summed E-state index contributed by atoms with van der Waals surface area (Å²) in [5.41, 5.74) is 5.96. The van der Waals surface area contributed by atoms with E-state index in [4.69, 9.17) is 5.73 Å². The highest BCUT2D eigenvalue weighted by molar-refractivity contribution is 5.80. The largest absolute Gasteiger partial charge is 0.359 e. The third-order valence-corrected chi connectivity index (χ3v) is 3.56. The molecule has 0 saturated heterocycles. The van der Waals surface area contributed by atoms with Gasteiger partial charge in [0.15, 0.2) is 0 Å². The number of nitrogens with two attached hydrogens (primary N) is 1. The van der Waals surface area contributed by atoms with Gasteiger partial charge in [-0.2, -0.15) is 0 Å². The molecule has 3 unspecified atom stereocenters. The van der Waals surface area contributed by atoms with Gasteiger partial charge < -0.3 is 16.4 Å². The summed E-state index contributed by atoms with van der Waals surface area (Å²) in [7, 11) is 1.59. The van der Waals surface area contributed by atoms with Crippen molar-refractivity contribution in [1.82, 2.24) is 10.6 Å². The summed E-state index contributed by atoms with van der Waals surface area (Å²) >= 11 is 0. The van der Waals surface area contributed by atoms with Crippen LogP contribution in [0.25, 0.3) is 0 Å². The Labute approximate surface area is 103 Å². The molecule has 0 spiro atoms. The number of amides is 2. The Kier molecular flexibility index (Phi) is 5.41. The lowest BCUT2D eigenvalue weighted by atomic mass is 9.79. The van der Waals surface area contributed by atoms with Crippen LogP contribution < -0.4 is 16.4 Å². The summed E-state index contributed by atoms with van der Waals surface area (Å²) in [5, 5.41) is 5.32. The molecule has 2 amide bonds. The number of hydrogen-bond donors (Lipinski definition) is 3. The standard InChI is InChI=1S/C12H23N3O2/c1-8-3-4-9(7-10(8)13)12(17)15-6-5-11(16)14-2/h8-10H,3-7,13H2,1-2H3,(H,14,16)(H,15,17). The number of rotatable bonds is 4. The molecule has 1 aliphatic rings. The van der Waals surface area contributed by atoms with Crippen molar-refractivity contribution in [2.75, 3.05) is 13.6 Å². The number of nitrogens with one attached hydrogen (secondary N) is 2. The molecule has 5 nitrogen and oxygen atoms in total. The van der Waals surface area contributed by atoms with Gasteiger partial charge in [-0.3, -0.25) is 9.59 Å². The van der Waals surface area contributed by atoms with E-state index in [9.17, 15) is 9.59 Å². The van der Waals surface area contributed by atoms with E-state index in [0.717, 1.165) is 19.3 Å². The maximum Gasteiger partial charge on any atom is 0.223 e. The third-order valence-electron chi connectivity index (χ3n) is 3.56. The number of carbonyl (C=O) groups excluding carboxylic acids is 2. The predicted molar refractivity (Wildman–Crippen MR) is 66.2 cm³/mol. The number of hydrogen-bond acceptors (Lipinski definition) is 3. The van der Waals surface area contributed by atoms with Gasteiger partial charge in [-0.25, -0.2) is 0 Å². The molecular weight excluding hydrogens is 218 g/mol. The van der Waals surface area contributed by atoms with Crippen LogP contribution in [-0.2, 0) is 9.59 Å². The Hall–Kier alpha value is -1.10. The highest BCUT2D eigenvalue weighted by atomic mass is 16.2. The van der Waals surface area contributed by atoms with E-state index in [2.05, 4.69) is 17.6 Å². The summed E-state index contributed by atoms with van der Waals surface area (Å²) in [5.74, 6) is 0.506. The molecule has 3 atom stereocenters. The molecule has 4 N–H and O–H groups in total.